The number of phenols is 1. The summed E-state index contributed by atoms with van der Waals surface area (Å²) in [4.78, 5) is 155. The van der Waals surface area contributed by atoms with Crippen LogP contribution in [0, 0.1) is 5.41 Å². The number of guanidine groups is 1. The third kappa shape index (κ3) is 21.1. The van der Waals surface area contributed by atoms with Crippen LogP contribution < -0.4 is 75.5 Å². The fourth-order valence-electron chi connectivity index (χ4n) is 9.68. The maximum Gasteiger partial charge on any atom is 0.334 e. The first-order valence-corrected chi connectivity index (χ1v) is 29.0. The van der Waals surface area contributed by atoms with Crippen LogP contribution in [0.2, 0.25) is 0 Å². The van der Waals surface area contributed by atoms with Crippen LogP contribution in [0.3, 0.4) is 0 Å². The van der Waals surface area contributed by atoms with Gasteiger partial charge in [0, 0.05) is 80.4 Å². The van der Waals surface area contributed by atoms with Crippen molar-refractivity contribution in [2.75, 3.05) is 13.6 Å². The molecule has 12 amide bonds. The number of aliphatic hydroxyl groups excluding tert-OH is 1. The Morgan fingerprint density at radius 3 is 1.57 bits per heavy atom. The van der Waals surface area contributed by atoms with Crippen molar-refractivity contribution in [2.24, 2.45) is 11.5 Å². The van der Waals surface area contributed by atoms with E-state index in [1.165, 1.54) is 45.2 Å². The van der Waals surface area contributed by atoms with Crippen molar-refractivity contribution in [1.29, 1.82) is 5.41 Å². The second kappa shape index (κ2) is 33.3. The minimum Gasteiger partial charge on any atom is -0.508 e. The number of benzene rings is 4. The van der Waals surface area contributed by atoms with E-state index >= 15 is 0 Å². The Kier molecular flexibility index (Phi) is 25.3. The lowest BCUT2D eigenvalue weighted by atomic mass is 10.0. The van der Waals surface area contributed by atoms with Crippen LogP contribution >= 0.6 is 0 Å². The minimum atomic E-state index is -1.90. The summed E-state index contributed by atoms with van der Waals surface area (Å²) in [6.45, 7) is 3.81. The van der Waals surface area contributed by atoms with Gasteiger partial charge in [-0.05, 0) is 73.2 Å². The van der Waals surface area contributed by atoms with E-state index in [-0.39, 0.29) is 56.8 Å². The van der Waals surface area contributed by atoms with Gasteiger partial charge in [0.25, 0.3) is 5.91 Å². The van der Waals surface area contributed by atoms with Gasteiger partial charge in [-0.3, -0.25) is 58.8 Å². The van der Waals surface area contributed by atoms with Gasteiger partial charge < -0.3 is 84.8 Å². The average Bonchev–Trinajstić information content (AvgIpc) is 1.90. The number of hydrogen-bond acceptors (Lipinski definition) is 14. The summed E-state index contributed by atoms with van der Waals surface area (Å²) in [6.07, 6.45) is 0.466. The van der Waals surface area contributed by atoms with Gasteiger partial charge in [0.15, 0.2) is 5.96 Å². The molecule has 6 rings (SSSR count). The predicted molar refractivity (Wildman–Crippen MR) is 333 cm³/mol. The van der Waals surface area contributed by atoms with Gasteiger partial charge in [-0.15, -0.1) is 0 Å². The summed E-state index contributed by atoms with van der Waals surface area (Å²) >= 11 is 0. The zero-order valence-electron chi connectivity index (χ0n) is 50.4. The molecule has 0 spiro atoms. The van der Waals surface area contributed by atoms with Crippen molar-refractivity contribution in [3.05, 3.63) is 138 Å². The smallest absolute Gasteiger partial charge is 0.334 e. The molecule has 21 N–H and O–H groups in total. The number of fused-ring (bicyclic) bond motifs is 2. The fraction of sp³-hybridized carbons (Fsp3) is 0.344. The van der Waals surface area contributed by atoms with E-state index in [0.717, 1.165) is 17.8 Å². The average molecular weight is 1260 g/mol. The fourth-order valence-corrected chi connectivity index (χ4v) is 9.68. The van der Waals surface area contributed by atoms with E-state index in [2.05, 4.69) is 74.0 Å². The number of carbonyl (C=O) groups excluding carboxylic acids is 11. The number of aromatic nitrogens is 2. The monoisotopic (exact) mass is 1260 g/mol. The molecule has 30 heteroatoms. The van der Waals surface area contributed by atoms with Crippen molar-refractivity contribution in [3.8, 4) is 5.75 Å². The molecule has 30 nitrogen and oxygen atoms in total. The molecule has 0 bridgehead atoms. The lowest BCUT2D eigenvalue weighted by Crippen LogP contribution is -2.62. The van der Waals surface area contributed by atoms with Crippen LogP contribution in [-0.2, 0) is 73.6 Å². The largest absolute Gasteiger partial charge is 0.508 e. The van der Waals surface area contributed by atoms with E-state index in [4.69, 9.17) is 16.9 Å². The Labute approximate surface area is 522 Å². The van der Waals surface area contributed by atoms with E-state index in [1.807, 2.05) is 24.3 Å². The minimum absolute atomic E-state index is 0.00195. The number of carbonyl (C=O) groups is 11. The molecule has 0 saturated heterocycles. The van der Waals surface area contributed by atoms with Gasteiger partial charge >= 0.3 is 6.03 Å². The molecule has 6 aromatic rings. The van der Waals surface area contributed by atoms with Crippen molar-refractivity contribution in [2.45, 2.75) is 120 Å². The summed E-state index contributed by atoms with van der Waals surface area (Å²) in [5.41, 5.74) is 19.3. The molecule has 9 atom stereocenters. The van der Waals surface area contributed by atoms with Gasteiger partial charge in [-0.2, -0.15) is 0 Å². The molecule has 2 heterocycles. The molecule has 0 fully saturated rings. The highest BCUT2D eigenvalue weighted by Gasteiger charge is 2.36. The number of para-hydroxylation sites is 2. The molecule has 0 saturated carbocycles. The third-order valence-electron chi connectivity index (χ3n) is 14.5. The summed E-state index contributed by atoms with van der Waals surface area (Å²) in [6, 6.07) is 15.4. The Morgan fingerprint density at radius 2 is 1.01 bits per heavy atom. The highest BCUT2D eigenvalue weighted by Crippen LogP contribution is 2.21. The van der Waals surface area contributed by atoms with E-state index in [9.17, 15) is 63.0 Å². The van der Waals surface area contributed by atoms with Crippen LogP contribution in [-0.4, -0.2) is 159 Å². The molecule has 0 aliphatic heterocycles. The number of nitrogens with two attached hydrogens (primary N) is 2. The van der Waals surface area contributed by atoms with Crippen molar-refractivity contribution < 1.29 is 63.0 Å². The first-order chi connectivity index (χ1) is 43.4. The zero-order chi connectivity index (χ0) is 66.3. The number of urea groups is 1. The molecule has 484 valence electrons. The molecule has 0 aliphatic carbocycles. The van der Waals surface area contributed by atoms with Crippen LogP contribution in [0.4, 0.5) is 4.79 Å². The van der Waals surface area contributed by atoms with Crippen LogP contribution in [0.1, 0.15) is 62.3 Å². The predicted octanol–water partition coefficient (Wildman–Crippen LogP) is -1.98. The van der Waals surface area contributed by atoms with E-state index < -0.39 is 126 Å². The standard InChI is InChI=1S/C61H77N17O13/c1-32(53(84)71-44(19-12-24-66-60(64)65-4)54(85)72-45(52(63)83)27-37-30-67-42-17-10-8-15-40(37)42)69-61(91)78-77-58(89)47(25-35-13-6-5-7-14-35)75-59(90)51(33(2)79)76-57(88)49(29-50(62)82)74-56(87)48(28-38-31-68-43-18-11-9-16-41(38)43)73-55(86)46(70-34(3)80)26-36-20-22-39(81)23-21-36/h5-11,13-18,20-23,30-33,44-49,51,67-68,79,81H,12,19,24-29H2,1-4H3,(H2,62,82)(H2,63,83)(H,70,80)(H,71,84)(H,72,85)(H,73,86)(H,74,87)(H,75,90)(H,76,88)(H,77,89)(H3,64,65,66)(H2,69,78,91)/t32-,33+,44-,45-,46+,47-,48+,49-,51-/m0/s1. The molecule has 0 unspecified atom stereocenters. The van der Waals surface area contributed by atoms with Gasteiger partial charge in [0.1, 0.15) is 54.1 Å². The molecule has 2 aromatic heterocycles. The first kappa shape index (κ1) is 69.1. The van der Waals surface area contributed by atoms with Crippen molar-refractivity contribution >= 4 is 92.9 Å². The SMILES string of the molecule is CNC(=N)NCCC[C@H](NC(=O)[C@H](C)NC(=O)NNC(=O)[C@H](Cc1ccccc1)NC(=O)[C@@H](NC(=O)[C@H](CC(N)=O)NC(=O)[C@@H](Cc1c[nH]c2ccccc12)NC(=O)[C@@H](Cc1ccc(O)cc1)NC(C)=O)[C@@H](C)O)C(=O)N[C@@H](Cc1c[nH]c2ccccc12)C(N)=O. The Balaban J connectivity index is 1.12. The molecule has 0 radical (unpaired) electrons. The maximum absolute atomic E-state index is 14.4. The van der Waals surface area contributed by atoms with Crippen LogP contribution in [0.15, 0.2) is 116 Å². The Bertz CT molecular complexity index is 3580. The number of H-pyrrole nitrogens is 2. The van der Waals surface area contributed by atoms with Gasteiger partial charge in [0.2, 0.25) is 53.2 Å². The second-order valence-corrected chi connectivity index (χ2v) is 21.5. The number of hydrazine groups is 1. The zero-order valence-corrected chi connectivity index (χ0v) is 50.4. The highest BCUT2D eigenvalue weighted by molar-refractivity contribution is 5.99. The number of nitrogens with one attached hydrogen (secondary N) is 15. The quantitative estimate of drug-likeness (QED) is 0.00971. The van der Waals surface area contributed by atoms with Crippen molar-refractivity contribution in [3.63, 3.8) is 0 Å². The summed E-state index contributed by atoms with van der Waals surface area (Å²) in [5, 5.41) is 55.5. The number of aromatic amines is 2. The molecule has 91 heavy (non-hydrogen) atoms. The maximum atomic E-state index is 14.4. The second-order valence-electron chi connectivity index (χ2n) is 21.5. The molecule has 4 aromatic carbocycles. The number of aliphatic hydroxyl groups is 1. The van der Waals surface area contributed by atoms with Gasteiger partial charge in [-0.1, -0.05) is 78.9 Å². The van der Waals surface area contributed by atoms with Gasteiger partial charge in [0.05, 0.1) is 12.5 Å². The Morgan fingerprint density at radius 1 is 0.527 bits per heavy atom. The lowest BCUT2D eigenvalue weighted by Gasteiger charge is -2.28. The molecule has 0 aliphatic rings. The Hall–Kier alpha value is -11.0. The number of rotatable bonds is 31. The normalized spacial score (nSPS) is 13.9. The third-order valence-corrected chi connectivity index (χ3v) is 14.5. The topological polar surface area (TPSA) is 480 Å². The summed E-state index contributed by atoms with van der Waals surface area (Å²) < 4.78 is 0. The summed E-state index contributed by atoms with van der Waals surface area (Å²) in [7, 11) is 1.53. The first-order valence-electron chi connectivity index (χ1n) is 29.0. The molecular formula is C61H77N17O13. The highest BCUT2D eigenvalue weighted by atomic mass is 16.3. The summed E-state index contributed by atoms with van der Waals surface area (Å²) in [5.74, 6) is -9.42. The van der Waals surface area contributed by atoms with Gasteiger partial charge in [-0.25, -0.2) is 10.2 Å². The molecular weight excluding hydrogens is 1180 g/mol. The van der Waals surface area contributed by atoms with Crippen LogP contribution in [0.5, 0.6) is 5.75 Å². The number of phenolic OH excluding ortho intramolecular Hbond substituents is 1. The number of primary amides is 2. The number of aromatic hydroxyl groups is 1. The van der Waals surface area contributed by atoms with E-state index in [0.29, 0.717) is 33.2 Å². The number of hydrogen-bond donors (Lipinski definition) is 19. The van der Waals surface area contributed by atoms with E-state index in [1.54, 1.807) is 67.0 Å². The van der Waals surface area contributed by atoms with Crippen LogP contribution in [0.25, 0.3) is 21.8 Å². The van der Waals surface area contributed by atoms with Crippen molar-refractivity contribution in [1.82, 2.24) is 74.0 Å². The lowest BCUT2D eigenvalue weighted by molar-refractivity contribution is -0.137. The number of amides is 12.